The van der Waals surface area contributed by atoms with E-state index in [9.17, 15) is 0 Å². The number of hydrogen-bond acceptors (Lipinski definition) is 3. The van der Waals surface area contributed by atoms with E-state index in [0.29, 0.717) is 0 Å². The molecule has 1 aromatic heterocycles. The zero-order valence-electron chi connectivity index (χ0n) is 6.08. The minimum absolute atomic E-state index is 0.152. The largest absolute Gasteiger partial charge is 0.253 e. The van der Waals surface area contributed by atoms with E-state index < -0.39 is 0 Å². The molecule has 0 amide bonds. The van der Waals surface area contributed by atoms with Gasteiger partial charge in [-0.05, 0) is 19.3 Å². The SMILES string of the molecule is N#CC1(c2cncs2)CCC1. The molecule has 0 bridgehead atoms. The zero-order chi connectivity index (χ0) is 7.73. The van der Waals surface area contributed by atoms with Crippen LogP contribution >= 0.6 is 11.3 Å². The molecule has 0 radical (unpaired) electrons. The fraction of sp³-hybridized carbons (Fsp3) is 0.500. The van der Waals surface area contributed by atoms with Crippen LogP contribution in [0.1, 0.15) is 24.1 Å². The second-order valence-corrected chi connectivity index (χ2v) is 3.80. The van der Waals surface area contributed by atoms with E-state index in [4.69, 9.17) is 5.26 Å². The Morgan fingerprint density at radius 2 is 2.45 bits per heavy atom. The normalized spacial score (nSPS) is 20.3. The molecule has 0 aromatic carbocycles. The summed E-state index contributed by atoms with van der Waals surface area (Å²) in [5.41, 5.74) is 1.65. The lowest BCUT2D eigenvalue weighted by atomic mass is 9.69. The summed E-state index contributed by atoms with van der Waals surface area (Å²) in [7, 11) is 0. The lowest BCUT2D eigenvalue weighted by Gasteiger charge is -2.33. The lowest BCUT2D eigenvalue weighted by molar-refractivity contribution is 0.329. The van der Waals surface area contributed by atoms with Gasteiger partial charge in [0.15, 0.2) is 0 Å². The highest BCUT2D eigenvalue weighted by Crippen LogP contribution is 2.44. The van der Waals surface area contributed by atoms with Gasteiger partial charge in [0.25, 0.3) is 0 Å². The average Bonchev–Trinajstić information content (AvgIpc) is 2.39. The molecule has 1 aromatic rings. The van der Waals surface area contributed by atoms with Crippen LogP contribution in [0.2, 0.25) is 0 Å². The molecule has 0 spiro atoms. The first-order valence-electron chi connectivity index (χ1n) is 3.68. The van der Waals surface area contributed by atoms with Crippen molar-refractivity contribution in [2.75, 3.05) is 0 Å². The molecule has 0 saturated heterocycles. The summed E-state index contributed by atoms with van der Waals surface area (Å²) in [6.45, 7) is 0. The van der Waals surface area contributed by atoms with E-state index in [0.717, 1.165) is 17.7 Å². The average molecular weight is 164 g/mol. The van der Waals surface area contributed by atoms with Gasteiger partial charge in [-0.1, -0.05) is 0 Å². The Balaban J connectivity index is 2.34. The van der Waals surface area contributed by atoms with Crippen LogP contribution < -0.4 is 0 Å². The van der Waals surface area contributed by atoms with Crippen LogP contribution in [0.15, 0.2) is 11.7 Å². The van der Waals surface area contributed by atoms with Crippen molar-refractivity contribution in [3.05, 3.63) is 16.6 Å². The van der Waals surface area contributed by atoms with Crippen molar-refractivity contribution in [1.29, 1.82) is 5.26 Å². The molecule has 0 N–H and O–H groups in total. The molecule has 1 aliphatic rings. The topological polar surface area (TPSA) is 36.7 Å². The number of nitrogens with zero attached hydrogens (tertiary/aromatic N) is 2. The third-order valence-corrected chi connectivity index (χ3v) is 3.30. The van der Waals surface area contributed by atoms with E-state index in [2.05, 4.69) is 11.1 Å². The highest BCUT2D eigenvalue weighted by molar-refractivity contribution is 7.09. The van der Waals surface area contributed by atoms with Crippen LogP contribution in [0.4, 0.5) is 0 Å². The smallest absolute Gasteiger partial charge is 0.0930 e. The molecule has 0 atom stereocenters. The number of nitriles is 1. The summed E-state index contributed by atoms with van der Waals surface area (Å²) >= 11 is 1.60. The molecular formula is C8H8N2S. The van der Waals surface area contributed by atoms with Crippen molar-refractivity contribution in [3.8, 4) is 6.07 Å². The van der Waals surface area contributed by atoms with E-state index in [1.165, 1.54) is 6.42 Å². The van der Waals surface area contributed by atoms with Gasteiger partial charge in [-0.3, -0.25) is 4.98 Å². The second-order valence-electron chi connectivity index (χ2n) is 2.91. The molecule has 0 unspecified atom stereocenters. The molecule has 3 heteroatoms. The van der Waals surface area contributed by atoms with E-state index in [-0.39, 0.29) is 5.41 Å². The highest BCUT2D eigenvalue weighted by Gasteiger charge is 2.40. The summed E-state index contributed by atoms with van der Waals surface area (Å²) < 4.78 is 0. The second kappa shape index (κ2) is 2.31. The summed E-state index contributed by atoms with van der Waals surface area (Å²) in [6, 6.07) is 2.39. The maximum Gasteiger partial charge on any atom is 0.0930 e. The number of rotatable bonds is 1. The minimum Gasteiger partial charge on any atom is -0.253 e. The van der Waals surface area contributed by atoms with Gasteiger partial charge < -0.3 is 0 Å². The Labute approximate surface area is 69.5 Å². The van der Waals surface area contributed by atoms with Crippen molar-refractivity contribution in [2.24, 2.45) is 0 Å². The summed E-state index contributed by atoms with van der Waals surface area (Å²) in [4.78, 5) is 5.13. The summed E-state index contributed by atoms with van der Waals surface area (Å²) in [6.07, 6.45) is 5.05. The maximum atomic E-state index is 8.94. The van der Waals surface area contributed by atoms with E-state index >= 15 is 0 Å². The van der Waals surface area contributed by atoms with Crippen LogP contribution in [0.3, 0.4) is 0 Å². The Bertz CT molecular complexity index is 280. The Hall–Kier alpha value is -0.880. The van der Waals surface area contributed by atoms with Crippen molar-refractivity contribution < 1.29 is 0 Å². The number of aromatic nitrogens is 1. The van der Waals surface area contributed by atoms with Gasteiger partial charge in [-0.15, -0.1) is 11.3 Å². The molecule has 2 rings (SSSR count). The summed E-state index contributed by atoms with van der Waals surface area (Å²) in [5.74, 6) is 0. The predicted octanol–water partition coefficient (Wildman–Crippen LogP) is 2.09. The number of hydrogen-bond donors (Lipinski definition) is 0. The molecule has 1 saturated carbocycles. The molecular weight excluding hydrogens is 156 g/mol. The van der Waals surface area contributed by atoms with Crippen LogP contribution in [-0.4, -0.2) is 4.98 Å². The predicted molar refractivity (Wildman–Crippen MR) is 43.3 cm³/mol. The molecule has 11 heavy (non-hydrogen) atoms. The van der Waals surface area contributed by atoms with Gasteiger partial charge in [-0.2, -0.15) is 5.26 Å². The van der Waals surface area contributed by atoms with Gasteiger partial charge in [0.1, 0.15) is 0 Å². The quantitative estimate of drug-likeness (QED) is 0.637. The molecule has 1 heterocycles. The highest BCUT2D eigenvalue weighted by atomic mass is 32.1. The zero-order valence-corrected chi connectivity index (χ0v) is 6.90. The molecule has 1 aliphatic carbocycles. The molecule has 0 aliphatic heterocycles. The van der Waals surface area contributed by atoms with Crippen molar-refractivity contribution in [3.63, 3.8) is 0 Å². The Morgan fingerprint density at radius 1 is 1.64 bits per heavy atom. The van der Waals surface area contributed by atoms with Gasteiger partial charge in [0.2, 0.25) is 0 Å². The summed E-state index contributed by atoms with van der Waals surface area (Å²) in [5, 5.41) is 8.94. The number of thiazole rings is 1. The fourth-order valence-electron chi connectivity index (χ4n) is 1.40. The van der Waals surface area contributed by atoms with Crippen LogP contribution in [0.5, 0.6) is 0 Å². The fourth-order valence-corrected chi connectivity index (χ4v) is 2.23. The van der Waals surface area contributed by atoms with Crippen molar-refractivity contribution in [1.82, 2.24) is 4.98 Å². The van der Waals surface area contributed by atoms with Gasteiger partial charge >= 0.3 is 0 Å². The molecule has 56 valence electrons. The Morgan fingerprint density at radius 3 is 2.82 bits per heavy atom. The van der Waals surface area contributed by atoms with Crippen molar-refractivity contribution >= 4 is 11.3 Å². The van der Waals surface area contributed by atoms with Crippen LogP contribution in [0, 0.1) is 11.3 Å². The molecule has 2 nitrogen and oxygen atoms in total. The Kier molecular flexibility index (Phi) is 1.43. The minimum atomic E-state index is -0.152. The monoisotopic (exact) mass is 164 g/mol. The standard InChI is InChI=1S/C8H8N2S/c9-5-8(2-1-3-8)7-4-10-6-11-7/h4,6H,1-3H2. The first-order valence-corrected chi connectivity index (χ1v) is 4.56. The van der Waals surface area contributed by atoms with Crippen LogP contribution in [0.25, 0.3) is 0 Å². The van der Waals surface area contributed by atoms with Gasteiger partial charge in [0.05, 0.1) is 17.0 Å². The maximum absolute atomic E-state index is 8.94. The third kappa shape index (κ3) is 0.865. The van der Waals surface area contributed by atoms with Gasteiger partial charge in [-0.25, -0.2) is 0 Å². The first kappa shape index (κ1) is 6.81. The van der Waals surface area contributed by atoms with Crippen LogP contribution in [-0.2, 0) is 5.41 Å². The van der Waals surface area contributed by atoms with Gasteiger partial charge in [0, 0.05) is 11.1 Å². The first-order chi connectivity index (χ1) is 5.37. The third-order valence-electron chi connectivity index (χ3n) is 2.33. The van der Waals surface area contributed by atoms with Crippen molar-refractivity contribution in [2.45, 2.75) is 24.7 Å². The van der Waals surface area contributed by atoms with E-state index in [1.807, 2.05) is 6.20 Å². The van der Waals surface area contributed by atoms with E-state index in [1.54, 1.807) is 16.8 Å². The lowest BCUT2D eigenvalue weighted by Crippen LogP contribution is -2.31. The molecule has 1 fully saturated rings.